The highest BCUT2D eigenvalue weighted by atomic mass is 16.3. The second-order valence-corrected chi connectivity index (χ2v) is 2.98. The molecule has 0 saturated heterocycles. The summed E-state index contributed by atoms with van der Waals surface area (Å²) in [6.07, 6.45) is 2.29. The van der Waals surface area contributed by atoms with Gasteiger partial charge in [-0.05, 0) is 12.8 Å². The molecule has 0 aromatic heterocycles. The van der Waals surface area contributed by atoms with Crippen molar-refractivity contribution in [3.63, 3.8) is 0 Å². The normalized spacial score (nSPS) is 17.3. The summed E-state index contributed by atoms with van der Waals surface area (Å²) >= 11 is 0. The van der Waals surface area contributed by atoms with E-state index >= 15 is 0 Å². The monoisotopic (exact) mass is 155 g/mol. The van der Waals surface area contributed by atoms with E-state index in [9.17, 15) is 9.90 Å². The Morgan fingerprint density at radius 3 is 2.45 bits per heavy atom. The van der Waals surface area contributed by atoms with Crippen LogP contribution >= 0.6 is 0 Å². The summed E-state index contributed by atoms with van der Waals surface area (Å²) in [6.45, 7) is 0. The van der Waals surface area contributed by atoms with E-state index in [1.54, 1.807) is 14.1 Å². The second-order valence-electron chi connectivity index (χ2n) is 2.98. The van der Waals surface area contributed by atoms with Crippen molar-refractivity contribution in [1.82, 2.24) is 4.90 Å². The molecule has 1 amide bonds. The minimum Gasteiger partial charge on any atom is -0.512 e. The van der Waals surface area contributed by atoms with E-state index in [-0.39, 0.29) is 11.7 Å². The third-order valence-electron chi connectivity index (χ3n) is 1.85. The molecule has 1 aliphatic rings. The maximum Gasteiger partial charge on any atom is 0.252 e. The molecule has 0 bridgehead atoms. The average Bonchev–Trinajstić information content (AvgIpc) is 2.33. The van der Waals surface area contributed by atoms with Crippen LogP contribution in [0.15, 0.2) is 11.3 Å². The van der Waals surface area contributed by atoms with E-state index in [4.69, 9.17) is 0 Å². The lowest BCUT2D eigenvalue weighted by Crippen LogP contribution is -2.23. The van der Waals surface area contributed by atoms with E-state index in [0.717, 1.165) is 12.8 Å². The zero-order valence-corrected chi connectivity index (χ0v) is 6.92. The molecule has 0 unspecified atom stereocenters. The van der Waals surface area contributed by atoms with Gasteiger partial charge in [0.25, 0.3) is 5.91 Å². The van der Waals surface area contributed by atoms with Gasteiger partial charge >= 0.3 is 0 Å². The number of likely N-dealkylation sites (N-methyl/N-ethyl adjacent to an activating group) is 1. The molecule has 3 heteroatoms. The van der Waals surface area contributed by atoms with Gasteiger partial charge in [-0.25, -0.2) is 0 Å². The zero-order chi connectivity index (χ0) is 8.43. The lowest BCUT2D eigenvalue weighted by atomic mass is 10.2. The zero-order valence-electron chi connectivity index (χ0n) is 6.92. The third-order valence-corrected chi connectivity index (χ3v) is 1.85. The Hall–Kier alpha value is -0.990. The number of aliphatic hydroxyl groups is 1. The van der Waals surface area contributed by atoms with Crippen molar-refractivity contribution in [2.75, 3.05) is 14.1 Å². The third kappa shape index (κ3) is 1.53. The van der Waals surface area contributed by atoms with E-state index in [1.165, 1.54) is 4.90 Å². The average molecular weight is 155 g/mol. The van der Waals surface area contributed by atoms with Crippen LogP contribution in [-0.4, -0.2) is 30.0 Å². The molecule has 0 atom stereocenters. The molecule has 1 aliphatic carbocycles. The molecule has 0 aromatic rings. The van der Waals surface area contributed by atoms with E-state index < -0.39 is 0 Å². The Labute approximate surface area is 66.3 Å². The number of carbonyl (C=O) groups is 1. The maximum atomic E-state index is 11.3. The number of amides is 1. The highest BCUT2D eigenvalue weighted by Gasteiger charge is 2.21. The molecular formula is C8H13NO2. The standard InChI is InChI=1S/C8H13NO2/c1-9(2)8(11)6-4-3-5-7(6)10/h10H,3-5H2,1-2H3. The van der Waals surface area contributed by atoms with E-state index in [2.05, 4.69) is 0 Å². The van der Waals surface area contributed by atoms with Gasteiger partial charge in [0.15, 0.2) is 0 Å². The van der Waals surface area contributed by atoms with Crippen LogP contribution in [-0.2, 0) is 4.79 Å². The minimum absolute atomic E-state index is 0.0556. The quantitative estimate of drug-likeness (QED) is 0.615. The summed E-state index contributed by atoms with van der Waals surface area (Å²) in [7, 11) is 3.39. The molecule has 0 aliphatic heterocycles. The number of aliphatic hydroxyl groups excluding tert-OH is 1. The van der Waals surface area contributed by atoms with Crippen LogP contribution in [0.5, 0.6) is 0 Å². The summed E-state index contributed by atoms with van der Waals surface area (Å²) in [5.74, 6) is 0.226. The fourth-order valence-corrected chi connectivity index (χ4v) is 1.23. The van der Waals surface area contributed by atoms with Crippen molar-refractivity contribution in [3.05, 3.63) is 11.3 Å². The van der Waals surface area contributed by atoms with Crippen LogP contribution in [0, 0.1) is 0 Å². The number of carbonyl (C=O) groups excluding carboxylic acids is 1. The van der Waals surface area contributed by atoms with Crippen molar-refractivity contribution in [1.29, 1.82) is 0 Å². The van der Waals surface area contributed by atoms with Crippen LogP contribution in [0.1, 0.15) is 19.3 Å². The fraction of sp³-hybridized carbons (Fsp3) is 0.625. The molecule has 0 saturated carbocycles. The van der Waals surface area contributed by atoms with Gasteiger partial charge < -0.3 is 10.0 Å². The SMILES string of the molecule is CN(C)C(=O)C1=C(O)CCC1. The molecule has 1 rings (SSSR count). The Kier molecular flexibility index (Phi) is 2.17. The Morgan fingerprint density at radius 2 is 2.09 bits per heavy atom. The fourth-order valence-electron chi connectivity index (χ4n) is 1.23. The minimum atomic E-state index is -0.0556. The molecule has 62 valence electrons. The smallest absolute Gasteiger partial charge is 0.252 e. The van der Waals surface area contributed by atoms with Crippen molar-refractivity contribution >= 4 is 5.91 Å². The van der Waals surface area contributed by atoms with Gasteiger partial charge in [0.05, 0.1) is 5.57 Å². The number of hydrogen-bond acceptors (Lipinski definition) is 2. The summed E-state index contributed by atoms with van der Waals surface area (Å²) in [6, 6.07) is 0. The first kappa shape index (κ1) is 8.11. The number of rotatable bonds is 1. The number of hydrogen-bond donors (Lipinski definition) is 1. The van der Waals surface area contributed by atoms with E-state index in [1.807, 2.05) is 0 Å². The Balaban J connectivity index is 2.74. The number of allylic oxidation sites excluding steroid dienone is 1. The lowest BCUT2D eigenvalue weighted by molar-refractivity contribution is -0.124. The van der Waals surface area contributed by atoms with Gasteiger partial charge in [0.2, 0.25) is 0 Å². The molecule has 3 nitrogen and oxygen atoms in total. The highest BCUT2D eigenvalue weighted by molar-refractivity contribution is 5.93. The second kappa shape index (κ2) is 2.95. The van der Waals surface area contributed by atoms with Gasteiger partial charge in [-0.1, -0.05) is 0 Å². The van der Waals surface area contributed by atoms with Gasteiger partial charge in [-0.3, -0.25) is 4.79 Å². The molecule has 0 heterocycles. The van der Waals surface area contributed by atoms with Crippen LogP contribution in [0.4, 0.5) is 0 Å². The van der Waals surface area contributed by atoms with Gasteiger partial charge in [-0.2, -0.15) is 0 Å². The van der Waals surface area contributed by atoms with Crippen molar-refractivity contribution in [2.24, 2.45) is 0 Å². The maximum absolute atomic E-state index is 11.3. The molecule has 0 spiro atoms. The summed E-state index contributed by atoms with van der Waals surface area (Å²) in [5, 5.41) is 9.24. The molecule has 0 aromatic carbocycles. The molecule has 0 fully saturated rings. The first-order chi connectivity index (χ1) is 5.13. The van der Waals surface area contributed by atoms with Crippen LogP contribution < -0.4 is 0 Å². The Bertz CT molecular complexity index is 206. The predicted octanol–water partition coefficient (Wildman–Crippen LogP) is 1.07. The van der Waals surface area contributed by atoms with E-state index in [0.29, 0.717) is 12.0 Å². The van der Waals surface area contributed by atoms with Crippen molar-refractivity contribution in [3.8, 4) is 0 Å². The van der Waals surface area contributed by atoms with Crippen molar-refractivity contribution < 1.29 is 9.90 Å². The summed E-state index contributed by atoms with van der Waals surface area (Å²) in [4.78, 5) is 12.8. The summed E-state index contributed by atoms with van der Waals surface area (Å²) < 4.78 is 0. The first-order valence-electron chi connectivity index (χ1n) is 3.75. The van der Waals surface area contributed by atoms with Gasteiger partial charge in [0, 0.05) is 20.5 Å². The number of nitrogens with zero attached hydrogens (tertiary/aromatic N) is 1. The Morgan fingerprint density at radius 1 is 1.45 bits per heavy atom. The van der Waals surface area contributed by atoms with Crippen LogP contribution in [0.25, 0.3) is 0 Å². The largest absolute Gasteiger partial charge is 0.512 e. The van der Waals surface area contributed by atoms with Crippen LogP contribution in [0.3, 0.4) is 0 Å². The topological polar surface area (TPSA) is 40.5 Å². The predicted molar refractivity (Wildman–Crippen MR) is 42.2 cm³/mol. The van der Waals surface area contributed by atoms with Gasteiger partial charge in [-0.15, -0.1) is 0 Å². The molecule has 0 radical (unpaired) electrons. The summed E-state index contributed by atoms with van der Waals surface area (Å²) in [5.41, 5.74) is 0.593. The van der Waals surface area contributed by atoms with Crippen molar-refractivity contribution in [2.45, 2.75) is 19.3 Å². The molecule has 1 N–H and O–H groups in total. The molecule has 11 heavy (non-hydrogen) atoms. The first-order valence-corrected chi connectivity index (χ1v) is 3.75. The lowest BCUT2D eigenvalue weighted by Gasteiger charge is -2.10. The molecular weight excluding hydrogens is 142 g/mol. The van der Waals surface area contributed by atoms with Gasteiger partial charge in [0.1, 0.15) is 5.76 Å². The highest BCUT2D eigenvalue weighted by Crippen LogP contribution is 2.24. The van der Waals surface area contributed by atoms with Crippen LogP contribution in [0.2, 0.25) is 0 Å².